The zero-order chi connectivity index (χ0) is 11.8. The van der Waals surface area contributed by atoms with E-state index in [2.05, 4.69) is 36.5 Å². The van der Waals surface area contributed by atoms with Crippen LogP contribution < -0.4 is 5.32 Å². The van der Waals surface area contributed by atoms with E-state index in [1.54, 1.807) is 11.3 Å². The molecule has 1 unspecified atom stereocenters. The fraction of sp³-hybridized carbons (Fsp3) is 0.769. The van der Waals surface area contributed by atoms with Crippen LogP contribution in [0.1, 0.15) is 43.8 Å². The topological polar surface area (TPSA) is 24.9 Å². The Hall–Kier alpha value is -0.410. The van der Waals surface area contributed by atoms with Crippen molar-refractivity contribution in [2.75, 3.05) is 13.1 Å². The van der Waals surface area contributed by atoms with Crippen molar-refractivity contribution in [1.82, 2.24) is 10.3 Å². The maximum absolute atomic E-state index is 4.46. The van der Waals surface area contributed by atoms with Crippen LogP contribution in [0.4, 0.5) is 0 Å². The van der Waals surface area contributed by atoms with Crippen LogP contribution in [0.15, 0.2) is 5.38 Å². The van der Waals surface area contributed by atoms with Gasteiger partial charge in [-0.15, -0.1) is 11.3 Å². The van der Waals surface area contributed by atoms with Crippen LogP contribution in [0, 0.1) is 12.8 Å². The summed E-state index contributed by atoms with van der Waals surface area (Å²) in [6, 6.07) is 0. The third-order valence-electron chi connectivity index (χ3n) is 2.69. The lowest BCUT2D eigenvalue weighted by Gasteiger charge is -2.10. The number of hydrogen-bond donors (Lipinski definition) is 1. The van der Waals surface area contributed by atoms with Crippen LogP contribution in [0.2, 0.25) is 0 Å². The molecule has 1 rings (SSSR count). The van der Waals surface area contributed by atoms with E-state index in [1.807, 2.05) is 0 Å². The van der Waals surface area contributed by atoms with Crippen LogP contribution in [0.3, 0.4) is 0 Å². The Bertz CT molecular complexity index is 283. The molecule has 3 heteroatoms. The molecule has 0 aliphatic heterocycles. The molecule has 0 spiro atoms. The summed E-state index contributed by atoms with van der Waals surface area (Å²) in [5.41, 5.74) is 1.16. The van der Waals surface area contributed by atoms with Gasteiger partial charge in [0.1, 0.15) is 0 Å². The predicted octanol–water partition coefficient (Wildman–Crippen LogP) is 3.41. The van der Waals surface area contributed by atoms with Crippen molar-refractivity contribution in [3.8, 4) is 0 Å². The first-order chi connectivity index (χ1) is 7.72. The molecular formula is C13H24N2S. The molecule has 2 nitrogen and oxygen atoms in total. The predicted molar refractivity (Wildman–Crippen MR) is 72.1 cm³/mol. The van der Waals surface area contributed by atoms with Gasteiger partial charge in [0.05, 0.1) is 5.01 Å². The molecule has 16 heavy (non-hydrogen) atoms. The highest BCUT2D eigenvalue weighted by Crippen LogP contribution is 2.10. The summed E-state index contributed by atoms with van der Waals surface area (Å²) < 4.78 is 0. The maximum atomic E-state index is 4.46. The second kappa shape index (κ2) is 7.80. The molecular weight excluding hydrogens is 216 g/mol. The summed E-state index contributed by atoms with van der Waals surface area (Å²) in [4.78, 5) is 4.46. The van der Waals surface area contributed by atoms with E-state index in [4.69, 9.17) is 0 Å². The highest BCUT2D eigenvalue weighted by molar-refractivity contribution is 7.09. The number of hydrogen-bond acceptors (Lipinski definition) is 3. The van der Waals surface area contributed by atoms with Crippen molar-refractivity contribution in [2.45, 2.75) is 46.5 Å². The van der Waals surface area contributed by atoms with E-state index in [9.17, 15) is 0 Å². The SMILES string of the molecule is CCCC(C)CNCCCc1nc(C)cs1. The molecule has 0 saturated carbocycles. The summed E-state index contributed by atoms with van der Waals surface area (Å²) in [5, 5.41) is 6.93. The second-order valence-electron chi connectivity index (χ2n) is 4.58. The van der Waals surface area contributed by atoms with Crippen molar-refractivity contribution in [2.24, 2.45) is 5.92 Å². The van der Waals surface area contributed by atoms with Gasteiger partial charge in [-0.2, -0.15) is 0 Å². The third kappa shape index (κ3) is 5.61. The number of aromatic nitrogens is 1. The Kier molecular flexibility index (Phi) is 6.65. The lowest BCUT2D eigenvalue weighted by atomic mass is 10.1. The van der Waals surface area contributed by atoms with E-state index in [0.717, 1.165) is 31.1 Å². The normalized spacial score (nSPS) is 12.9. The Morgan fingerprint density at radius 2 is 2.31 bits per heavy atom. The van der Waals surface area contributed by atoms with Crippen LogP contribution in [0.5, 0.6) is 0 Å². The minimum absolute atomic E-state index is 0.812. The number of aryl methyl sites for hydroxylation is 2. The lowest BCUT2D eigenvalue weighted by molar-refractivity contribution is 0.473. The Labute approximate surface area is 103 Å². The zero-order valence-corrected chi connectivity index (χ0v) is 11.6. The first-order valence-electron chi connectivity index (χ1n) is 6.34. The molecule has 0 radical (unpaired) electrons. The first-order valence-corrected chi connectivity index (χ1v) is 7.22. The van der Waals surface area contributed by atoms with Gasteiger partial charge in [0.25, 0.3) is 0 Å². The average Bonchev–Trinajstić information content (AvgIpc) is 2.64. The van der Waals surface area contributed by atoms with Crippen molar-refractivity contribution in [3.05, 3.63) is 16.1 Å². The van der Waals surface area contributed by atoms with Crippen LogP contribution in [-0.4, -0.2) is 18.1 Å². The molecule has 92 valence electrons. The monoisotopic (exact) mass is 240 g/mol. The van der Waals surface area contributed by atoms with E-state index >= 15 is 0 Å². The number of nitrogens with one attached hydrogen (secondary N) is 1. The van der Waals surface area contributed by atoms with Gasteiger partial charge < -0.3 is 5.32 Å². The second-order valence-corrected chi connectivity index (χ2v) is 5.53. The molecule has 1 aromatic rings. The summed E-state index contributed by atoms with van der Waals surface area (Å²) in [5.74, 6) is 0.812. The van der Waals surface area contributed by atoms with Crippen LogP contribution >= 0.6 is 11.3 Å². The Morgan fingerprint density at radius 3 is 2.94 bits per heavy atom. The van der Waals surface area contributed by atoms with Gasteiger partial charge in [0.2, 0.25) is 0 Å². The highest BCUT2D eigenvalue weighted by atomic mass is 32.1. The summed E-state index contributed by atoms with van der Waals surface area (Å²) >= 11 is 1.78. The molecule has 0 amide bonds. The van der Waals surface area contributed by atoms with Gasteiger partial charge in [-0.1, -0.05) is 20.3 Å². The number of rotatable bonds is 8. The molecule has 0 fully saturated rings. The van der Waals surface area contributed by atoms with E-state index in [1.165, 1.54) is 24.3 Å². The molecule has 1 aromatic heterocycles. The van der Waals surface area contributed by atoms with Gasteiger partial charge >= 0.3 is 0 Å². The number of thiazole rings is 1. The van der Waals surface area contributed by atoms with E-state index in [-0.39, 0.29) is 0 Å². The van der Waals surface area contributed by atoms with Crippen LogP contribution in [0.25, 0.3) is 0 Å². The van der Waals surface area contributed by atoms with Gasteiger partial charge in [-0.25, -0.2) is 4.98 Å². The fourth-order valence-electron chi connectivity index (χ4n) is 1.83. The summed E-state index contributed by atoms with van der Waals surface area (Å²) in [6.07, 6.45) is 4.94. The fourth-order valence-corrected chi connectivity index (χ4v) is 2.64. The molecule has 0 aromatic carbocycles. The minimum atomic E-state index is 0.812. The molecule has 0 bridgehead atoms. The molecule has 1 N–H and O–H groups in total. The maximum Gasteiger partial charge on any atom is 0.0928 e. The van der Waals surface area contributed by atoms with Gasteiger partial charge in [0, 0.05) is 17.5 Å². The molecule has 1 heterocycles. The Balaban J connectivity index is 2.00. The molecule has 0 aliphatic rings. The van der Waals surface area contributed by atoms with Gasteiger partial charge in [-0.05, 0) is 38.8 Å². The van der Waals surface area contributed by atoms with Crippen molar-refractivity contribution >= 4 is 11.3 Å². The lowest BCUT2D eigenvalue weighted by Crippen LogP contribution is -2.22. The van der Waals surface area contributed by atoms with Crippen molar-refractivity contribution < 1.29 is 0 Å². The molecule has 0 aliphatic carbocycles. The summed E-state index contributed by atoms with van der Waals surface area (Å²) in [7, 11) is 0. The number of nitrogens with zero attached hydrogens (tertiary/aromatic N) is 1. The minimum Gasteiger partial charge on any atom is -0.316 e. The zero-order valence-electron chi connectivity index (χ0n) is 10.8. The summed E-state index contributed by atoms with van der Waals surface area (Å²) in [6.45, 7) is 8.91. The Morgan fingerprint density at radius 1 is 1.50 bits per heavy atom. The van der Waals surface area contributed by atoms with Crippen molar-refractivity contribution in [1.29, 1.82) is 0 Å². The van der Waals surface area contributed by atoms with Crippen LogP contribution in [-0.2, 0) is 6.42 Å². The standard InChI is InChI=1S/C13H24N2S/c1-4-6-11(2)9-14-8-5-7-13-15-12(3)10-16-13/h10-11,14H,4-9H2,1-3H3. The van der Waals surface area contributed by atoms with Gasteiger partial charge in [-0.3, -0.25) is 0 Å². The van der Waals surface area contributed by atoms with Gasteiger partial charge in [0.15, 0.2) is 0 Å². The average molecular weight is 240 g/mol. The smallest absolute Gasteiger partial charge is 0.0928 e. The third-order valence-corrected chi connectivity index (χ3v) is 3.71. The first kappa shape index (κ1) is 13.7. The molecule has 1 atom stereocenters. The van der Waals surface area contributed by atoms with E-state index in [0.29, 0.717) is 0 Å². The largest absolute Gasteiger partial charge is 0.316 e. The molecule has 0 saturated heterocycles. The van der Waals surface area contributed by atoms with E-state index < -0.39 is 0 Å². The van der Waals surface area contributed by atoms with Crippen molar-refractivity contribution in [3.63, 3.8) is 0 Å². The highest BCUT2D eigenvalue weighted by Gasteiger charge is 2.00. The quantitative estimate of drug-likeness (QED) is 0.704.